The van der Waals surface area contributed by atoms with Gasteiger partial charge in [-0.3, -0.25) is 0 Å². The first-order valence-electron chi connectivity index (χ1n) is 8.76. The number of urea groups is 1. The first kappa shape index (κ1) is 19.8. The van der Waals surface area contributed by atoms with Gasteiger partial charge in [0.05, 0.1) is 0 Å². The Morgan fingerprint density at radius 3 is 2.42 bits per heavy atom. The fourth-order valence-electron chi connectivity index (χ4n) is 2.57. The second-order valence-corrected chi connectivity index (χ2v) is 7.35. The third-order valence-corrected chi connectivity index (χ3v) is 4.02. The molecule has 0 saturated heterocycles. The molecule has 2 rings (SSSR count). The Hall–Kier alpha value is -2.56. The van der Waals surface area contributed by atoms with E-state index < -0.39 is 0 Å². The summed E-state index contributed by atoms with van der Waals surface area (Å²) in [6.07, 6.45) is 0.640. The molecule has 0 fully saturated rings. The molecule has 0 bridgehead atoms. The van der Waals surface area contributed by atoms with E-state index in [1.54, 1.807) is 12.1 Å². The summed E-state index contributed by atoms with van der Waals surface area (Å²) < 4.78 is 18.6. The molecule has 0 spiro atoms. The molecule has 0 saturated carbocycles. The minimum absolute atomic E-state index is 0.0429. The van der Waals surface area contributed by atoms with Crippen molar-refractivity contribution in [3.05, 3.63) is 65.0 Å². The quantitative estimate of drug-likeness (QED) is 0.756. The van der Waals surface area contributed by atoms with Crippen molar-refractivity contribution in [2.24, 2.45) is 0 Å². The molecule has 4 nitrogen and oxygen atoms in total. The van der Waals surface area contributed by atoms with E-state index in [0.29, 0.717) is 13.0 Å². The summed E-state index contributed by atoms with van der Waals surface area (Å²) in [4.78, 5) is 11.9. The summed E-state index contributed by atoms with van der Waals surface area (Å²) in [5.74, 6) is 0.511. The second kappa shape index (κ2) is 8.70. The van der Waals surface area contributed by atoms with Crippen LogP contribution in [0.2, 0.25) is 0 Å². The van der Waals surface area contributed by atoms with Gasteiger partial charge in [-0.15, -0.1) is 0 Å². The zero-order chi connectivity index (χ0) is 19.2. The van der Waals surface area contributed by atoms with E-state index in [4.69, 9.17) is 4.74 Å². The molecule has 0 radical (unpaired) electrons. The summed E-state index contributed by atoms with van der Waals surface area (Å²) in [6, 6.07) is 12.0. The Labute approximate surface area is 154 Å². The topological polar surface area (TPSA) is 50.4 Å². The van der Waals surface area contributed by atoms with Gasteiger partial charge in [-0.1, -0.05) is 50.6 Å². The number of carbonyl (C=O) groups is 1. The summed E-state index contributed by atoms with van der Waals surface area (Å²) in [6.45, 7) is 8.99. The number of nitrogens with one attached hydrogen (secondary N) is 2. The average molecular weight is 358 g/mol. The zero-order valence-electron chi connectivity index (χ0n) is 15.9. The van der Waals surface area contributed by atoms with Gasteiger partial charge in [0.2, 0.25) is 0 Å². The van der Waals surface area contributed by atoms with Crippen LogP contribution in [0, 0.1) is 12.7 Å². The van der Waals surface area contributed by atoms with Gasteiger partial charge in [0.15, 0.2) is 6.73 Å². The SMILES string of the molecule is Cc1ccc(OCNC(=O)NCCc2ccc(F)cc2)c(C(C)(C)C)c1. The van der Waals surface area contributed by atoms with Gasteiger partial charge >= 0.3 is 6.03 Å². The number of amides is 2. The zero-order valence-corrected chi connectivity index (χ0v) is 15.9. The van der Waals surface area contributed by atoms with Crippen LogP contribution in [0.4, 0.5) is 9.18 Å². The molecule has 2 amide bonds. The van der Waals surface area contributed by atoms with Crippen molar-refractivity contribution in [2.75, 3.05) is 13.3 Å². The van der Waals surface area contributed by atoms with Gasteiger partial charge in [0, 0.05) is 6.54 Å². The van der Waals surface area contributed by atoms with Crippen LogP contribution in [-0.4, -0.2) is 19.3 Å². The lowest BCUT2D eigenvalue weighted by Gasteiger charge is -2.23. The standard InChI is InChI=1S/C21H27FN2O2/c1-15-5-10-19(18(13-15)21(2,3)4)26-14-24-20(25)23-12-11-16-6-8-17(22)9-7-16/h5-10,13H,11-12,14H2,1-4H3,(H2,23,24,25). The number of benzene rings is 2. The van der Waals surface area contributed by atoms with Crippen molar-refractivity contribution < 1.29 is 13.9 Å². The predicted molar refractivity (Wildman–Crippen MR) is 102 cm³/mol. The highest BCUT2D eigenvalue weighted by Crippen LogP contribution is 2.31. The molecule has 0 unspecified atom stereocenters. The maximum absolute atomic E-state index is 12.8. The maximum atomic E-state index is 12.8. The Kier molecular flexibility index (Phi) is 6.61. The van der Waals surface area contributed by atoms with Crippen LogP contribution >= 0.6 is 0 Å². The lowest BCUT2D eigenvalue weighted by atomic mass is 9.85. The van der Waals surface area contributed by atoms with Gasteiger partial charge in [0.1, 0.15) is 11.6 Å². The Balaban J connectivity index is 1.77. The number of halogens is 1. The summed E-state index contributed by atoms with van der Waals surface area (Å²) in [5, 5.41) is 5.45. The third kappa shape index (κ3) is 6.06. The Bertz CT molecular complexity index is 737. The highest BCUT2D eigenvalue weighted by atomic mass is 19.1. The minimum atomic E-state index is -0.295. The number of hydrogen-bond acceptors (Lipinski definition) is 2. The number of ether oxygens (including phenoxy) is 1. The highest BCUT2D eigenvalue weighted by molar-refractivity contribution is 5.73. The van der Waals surface area contributed by atoms with Crippen molar-refractivity contribution in [1.29, 1.82) is 0 Å². The Morgan fingerprint density at radius 1 is 1.08 bits per heavy atom. The summed E-state index contributed by atoms with van der Waals surface area (Å²) in [5.41, 5.74) is 3.21. The molecule has 0 aliphatic carbocycles. The van der Waals surface area contributed by atoms with Crippen LogP contribution in [-0.2, 0) is 11.8 Å². The van der Waals surface area contributed by atoms with E-state index in [1.807, 2.05) is 19.1 Å². The number of rotatable bonds is 6. The van der Waals surface area contributed by atoms with Crippen LogP contribution in [0.15, 0.2) is 42.5 Å². The molecular formula is C21H27FN2O2. The minimum Gasteiger partial charge on any atom is -0.473 e. The second-order valence-electron chi connectivity index (χ2n) is 7.35. The highest BCUT2D eigenvalue weighted by Gasteiger charge is 2.19. The van der Waals surface area contributed by atoms with Gasteiger partial charge in [0.25, 0.3) is 0 Å². The van der Waals surface area contributed by atoms with E-state index in [-0.39, 0.29) is 24.0 Å². The maximum Gasteiger partial charge on any atom is 0.317 e. The van der Waals surface area contributed by atoms with E-state index in [1.165, 1.54) is 17.7 Å². The van der Waals surface area contributed by atoms with Crippen LogP contribution < -0.4 is 15.4 Å². The van der Waals surface area contributed by atoms with Crippen LogP contribution in [0.3, 0.4) is 0 Å². The molecule has 5 heteroatoms. The molecule has 2 aromatic rings. The fraction of sp³-hybridized carbons (Fsp3) is 0.381. The molecule has 0 heterocycles. The smallest absolute Gasteiger partial charge is 0.317 e. The first-order chi connectivity index (χ1) is 12.3. The van der Waals surface area contributed by atoms with Gasteiger partial charge < -0.3 is 15.4 Å². The lowest BCUT2D eigenvalue weighted by Crippen LogP contribution is -2.38. The van der Waals surface area contributed by atoms with Crippen molar-refractivity contribution in [2.45, 2.75) is 39.5 Å². The molecule has 0 aliphatic heterocycles. The molecule has 2 N–H and O–H groups in total. The summed E-state index contributed by atoms with van der Waals surface area (Å²) in [7, 11) is 0. The number of aryl methyl sites for hydroxylation is 1. The molecule has 26 heavy (non-hydrogen) atoms. The van der Waals surface area contributed by atoms with Crippen LogP contribution in [0.1, 0.15) is 37.5 Å². The third-order valence-electron chi connectivity index (χ3n) is 4.02. The number of carbonyl (C=O) groups excluding carboxylic acids is 1. The van der Waals surface area contributed by atoms with Gasteiger partial charge in [-0.2, -0.15) is 0 Å². The van der Waals surface area contributed by atoms with Crippen LogP contribution in [0.25, 0.3) is 0 Å². The molecular weight excluding hydrogens is 331 g/mol. The largest absolute Gasteiger partial charge is 0.473 e. The molecule has 140 valence electrons. The lowest BCUT2D eigenvalue weighted by molar-refractivity contribution is 0.223. The number of hydrogen-bond donors (Lipinski definition) is 2. The fourth-order valence-corrected chi connectivity index (χ4v) is 2.57. The van der Waals surface area contributed by atoms with Crippen molar-refractivity contribution in [3.63, 3.8) is 0 Å². The molecule has 0 aromatic heterocycles. The van der Waals surface area contributed by atoms with Crippen LogP contribution in [0.5, 0.6) is 5.75 Å². The Morgan fingerprint density at radius 2 is 1.77 bits per heavy atom. The normalized spacial score (nSPS) is 11.1. The predicted octanol–water partition coefficient (Wildman–Crippen LogP) is 4.31. The average Bonchev–Trinajstić information content (AvgIpc) is 2.57. The van der Waals surface area contributed by atoms with E-state index in [2.05, 4.69) is 37.5 Å². The summed E-state index contributed by atoms with van der Waals surface area (Å²) >= 11 is 0. The molecule has 0 atom stereocenters. The monoisotopic (exact) mass is 358 g/mol. The van der Waals surface area contributed by atoms with E-state index in [9.17, 15) is 9.18 Å². The molecule has 0 aliphatic rings. The van der Waals surface area contributed by atoms with Crippen molar-refractivity contribution >= 4 is 6.03 Å². The van der Waals surface area contributed by atoms with Gasteiger partial charge in [-0.05, 0) is 48.1 Å². The van der Waals surface area contributed by atoms with E-state index >= 15 is 0 Å². The van der Waals surface area contributed by atoms with Gasteiger partial charge in [-0.25, -0.2) is 9.18 Å². The van der Waals surface area contributed by atoms with Crippen molar-refractivity contribution in [1.82, 2.24) is 10.6 Å². The first-order valence-corrected chi connectivity index (χ1v) is 8.76. The molecule has 2 aromatic carbocycles. The van der Waals surface area contributed by atoms with Crippen molar-refractivity contribution in [3.8, 4) is 5.75 Å². The van der Waals surface area contributed by atoms with E-state index in [0.717, 1.165) is 16.9 Å².